The van der Waals surface area contributed by atoms with Crippen LogP contribution in [0.25, 0.3) is 182 Å². The van der Waals surface area contributed by atoms with Gasteiger partial charge in [-0.1, -0.05) is 215 Å². The summed E-state index contributed by atoms with van der Waals surface area (Å²) < 4.78 is 0. The summed E-state index contributed by atoms with van der Waals surface area (Å²) in [5, 5.41) is 0. The molecule has 0 fully saturated rings. The predicted molar refractivity (Wildman–Crippen MR) is 506 cm³/mol. The fourth-order valence-electron chi connectivity index (χ4n) is 19.1. The number of benzene rings is 7. The molecule has 4 aliphatic rings. The molecular formula is C110H110N8. The van der Waals surface area contributed by atoms with Gasteiger partial charge in [0.1, 0.15) is 0 Å². The molecule has 8 heteroatoms. The van der Waals surface area contributed by atoms with Gasteiger partial charge in [0.2, 0.25) is 0 Å². The molecule has 0 saturated carbocycles. The maximum absolute atomic E-state index is 5.90. The number of aryl methyl sites for hydroxylation is 12. The van der Waals surface area contributed by atoms with Crippen LogP contribution in [0.5, 0.6) is 0 Å². The molecule has 7 aromatic carbocycles. The second-order valence-electron chi connectivity index (χ2n) is 38.3. The van der Waals surface area contributed by atoms with E-state index in [-0.39, 0.29) is 21.7 Å². The van der Waals surface area contributed by atoms with Crippen LogP contribution in [0.15, 0.2) is 158 Å². The average Bonchev–Trinajstić information content (AvgIpc) is 1.60. The third-order valence-corrected chi connectivity index (χ3v) is 24.6. The van der Waals surface area contributed by atoms with E-state index >= 15 is 0 Å². The van der Waals surface area contributed by atoms with Gasteiger partial charge in [0.25, 0.3) is 0 Å². The Bertz CT molecular complexity index is 6260. The molecule has 13 aromatic rings. The lowest BCUT2D eigenvalue weighted by Gasteiger charge is -2.26. The topological polar surface area (TPSA) is 115 Å². The maximum atomic E-state index is 5.90. The molecule has 17 rings (SSSR count). The largest absolute Gasteiger partial charge is 0.354 e. The highest BCUT2D eigenvalue weighted by molar-refractivity contribution is 6.05. The van der Waals surface area contributed by atoms with E-state index in [1.165, 1.54) is 89.0 Å². The minimum Gasteiger partial charge on any atom is -0.354 e. The molecule has 0 spiro atoms. The molecule has 0 saturated heterocycles. The minimum absolute atomic E-state index is 0.125. The Morgan fingerprint density at radius 1 is 0.178 bits per heavy atom. The minimum atomic E-state index is -0.125. The summed E-state index contributed by atoms with van der Waals surface area (Å²) in [5.41, 5.74) is 50.6. The molecule has 4 aliphatic heterocycles. The van der Waals surface area contributed by atoms with Gasteiger partial charge in [-0.25, -0.2) is 19.9 Å². The third kappa shape index (κ3) is 14.2. The van der Waals surface area contributed by atoms with E-state index in [1.54, 1.807) is 0 Å². The van der Waals surface area contributed by atoms with Gasteiger partial charge in [0.05, 0.1) is 45.6 Å². The Hall–Kier alpha value is -12.3. The summed E-state index contributed by atoms with van der Waals surface area (Å²) in [6.07, 6.45) is 17.8. The van der Waals surface area contributed by atoms with Gasteiger partial charge in [0.15, 0.2) is 0 Å². The standard InChI is InChI=1S/C110H110N8/c1-59-45-63(5)95(64(6)46-59)103-87-37-29-79(111-87)99(80-30-38-88(112-80)104(96-65(7)47-60(2)48-66(96)8)92-42-34-84(116-92)101(83-33-41-91(103)115-83)73-53-75(107(13,14)15)57-76(54-73)108(16,17)18)71-25-27-72(28-26-71)100-81-31-39-89(113-81)105(97-67(9)49-61(3)50-68(97)10)93-43-35-85(117-93)102(74-55-77(109(19,20)21)58-78(56-74)110(22,23)24)86-36-44-94(118-86)106(90-40-32-82(100)114-90)98-69(11)51-62(4)52-70(98)12/h25-58,111,113,116,118H,1-24H3. The highest BCUT2D eigenvalue weighted by Crippen LogP contribution is 2.48. The van der Waals surface area contributed by atoms with E-state index < -0.39 is 0 Å². The van der Waals surface area contributed by atoms with Crippen molar-refractivity contribution in [3.63, 3.8) is 0 Å². The number of nitrogens with one attached hydrogen (secondary N) is 4. The summed E-state index contributed by atoms with van der Waals surface area (Å²) >= 11 is 0. The van der Waals surface area contributed by atoms with Crippen molar-refractivity contribution >= 4 is 92.7 Å². The molecule has 16 bridgehead atoms. The van der Waals surface area contributed by atoms with Crippen molar-refractivity contribution in [1.82, 2.24) is 39.9 Å². The van der Waals surface area contributed by atoms with Crippen molar-refractivity contribution in [3.8, 4) is 89.0 Å². The molecule has 0 amide bonds. The molecule has 10 heterocycles. The van der Waals surface area contributed by atoms with E-state index in [4.69, 9.17) is 19.9 Å². The lowest BCUT2D eigenvalue weighted by atomic mass is 9.78. The maximum Gasteiger partial charge on any atom is 0.0737 e. The molecule has 590 valence electrons. The Balaban J connectivity index is 0.960. The number of aromatic amines is 4. The van der Waals surface area contributed by atoms with Crippen LogP contribution in [0.3, 0.4) is 0 Å². The number of nitrogens with zero attached hydrogens (tertiary/aromatic N) is 4. The molecule has 4 N–H and O–H groups in total. The molecule has 6 aromatic heterocycles. The Labute approximate surface area is 697 Å². The molecular weight excluding hydrogens is 1430 g/mol. The van der Waals surface area contributed by atoms with Gasteiger partial charge >= 0.3 is 0 Å². The Morgan fingerprint density at radius 2 is 0.339 bits per heavy atom. The molecule has 0 aliphatic carbocycles. The molecule has 0 atom stereocenters. The van der Waals surface area contributed by atoms with E-state index in [1.807, 2.05) is 0 Å². The summed E-state index contributed by atoms with van der Waals surface area (Å²) in [7, 11) is 0. The number of rotatable bonds is 8. The number of hydrogen-bond donors (Lipinski definition) is 4. The van der Waals surface area contributed by atoms with Gasteiger partial charge in [0, 0.05) is 88.6 Å². The van der Waals surface area contributed by atoms with Gasteiger partial charge in [-0.05, 0) is 313 Å². The van der Waals surface area contributed by atoms with Crippen LogP contribution in [-0.2, 0) is 21.7 Å². The fraction of sp³-hybridized carbons (Fsp3) is 0.255. The van der Waals surface area contributed by atoms with Crippen LogP contribution in [0, 0.1) is 83.1 Å². The highest BCUT2D eigenvalue weighted by atomic mass is 14.8. The van der Waals surface area contributed by atoms with Crippen molar-refractivity contribution in [2.24, 2.45) is 0 Å². The van der Waals surface area contributed by atoms with E-state index in [0.717, 1.165) is 179 Å². The summed E-state index contributed by atoms with van der Waals surface area (Å²) in [4.78, 5) is 40.0. The summed E-state index contributed by atoms with van der Waals surface area (Å²) in [6.45, 7) is 54.5. The van der Waals surface area contributed by atoms with E-state index in [9.17, 15) is 0 Å². The lowest BCUT2D eigenvalue weighted by Crippen LogP contribution is -2.16. The third-order valence-electron chi connectivity index (χ3n) is 24.6. The van der Waals surface area contributed by atoms with Crippen LogP contribution in [-0.4, -0.2) is 39.9 Å². The fourth-order valence-corrected chi connectivity index (χ4v) is 19.1. The van der Waals surface area contributed by atoms with Gasteiger partial charge in [-0.2, -0.15) is 0 Å². The first-order chi connectivity index (χ1) is 55.9. The monoisotopic (exact) mass is 1540 g/mol. The number of aromatic nitrogens is 8. The van der Waals surface area contributed by atoms with Gasteiger partial charge in [-0.3, -0.25) is 0 Å². The van der Waals surface area contributed by atoms with Gasteiger partial charge < -0.3 is 19.9 Å². The lowest BCUT2D eigenvalue weighted by molar-refractivity contribution is 0.568. The molecule has 0 radical (unpaired) electrons. The van der Waals surface area contributed by atoms with Crippen LogP contribution in [0.1, 0.15) is 218 Å². The molecule has 118 heavy (non-hydrogen) atoms. The van der Waals surface area contributed by atoms with Crippen molar-refractivity contribution in [2.45, 2.75) is 188 Å². The van der Waals surface area contributed by atoms with Crippen LogP contribution >= 0.6 is 0 Å². The van der Waals surface area contributed by atoms with Crippen molar-refractivity contribution in [3.05, 3.63) is 292 Å². The predicted octanol–water partition coefficient (Wildman–Crippen LogP) is 29.9. The van der Waals surface area contributed by atoms with Crippen molar-refractivity contribution < 1.29 is 0 Å². The van der Waals surface area contributed by atoms with E-state index in [2.05, 4.69) is 392 Å². The van der Waals surface area contributed by atoms with Crippen molar-refractivity contribution in [1.29, 1.82) is 0 Å². The quantitative estimate of drug-likeness (QED) is 0.121. The first kappa shape index (κ1) is 78.3. The highest BCUT2D eigenvalue weighted by Gasteiger charge is 2.30. The average molecular weight is 1540 g/mol. The summed E-state index contributed by atoms with van der Waals surface area (Å²) in [5.74, 6) is 0. The Kier molecular flexibility index (Phi) is 19.1. The normalized spacial score (nSPS) is 12.9. The second-order valence-corrected chi connectivity index (χ2v) is 38.3. The number of hydrogen-bond acceptors (Lipinski definition) is 4. The second kappa shape index (κ2) is 28.8. The summed E-state index contributed by atoms with van der Waals surface area (Å²) in [6, 6.07) is 60.1. The zero-order valence-corrected chi connectivity index (χ0v) is 73.4. The first-order valence-electron chi connectivity index (χ1n) is 42.0. The smallest absolute Gasteiger partial charge is 0.0737 e. The van der Waals surface area contributed by atoms with Crippen molar-refractivity contribution in [2.75, 3.05) is 0 Å². The molecule has 0 unspecified atom stereocenters. The number of fused-ring (bicyclic) bond motifs is 16. The van der Waals surface area contributed by atoms with E-state index in [0.29, 0.717) is 0 Å². The van der Waals surface area contributed by atoms with Crippen LogP contribution in [0.4, 0.5) is 0 Å². The Morgan fingerprint density at radius 3 is 0.517 bits per heavy atom. The first-order valence-corrected chi connectivity index (χ1v) is 42.0. The zero-order chi connectivity index (χ0) is 83.4. The van der Waals surface area contributed by atoms with Crippen LogP contribution < -0.4 is 0 Å². The van der Waals surface area contributed by atoms with Crippen LogP contribution in [0.2, 0.25) is 0 Å². The molecule has 8 nitrogen and oxygen atoms in total. The SMILES string of the molecule is Cc1cc(C)c(-c2c3nc(c(-c4cc(C(C)(C)C)cc(C(C)(C)C)c4)c4ccc([nH]4)c(-c4c(C)cc(C)cc4C)c4nc(c(-c5ccc(-c6c7nc(c(-c8c(C)cc(C)cc8C)c8ccc([nH]8)c(-c8cc(C(C)(C)C)cc(C(C)(C)C)c8)c8nc(c(-c9c(C)cc(C)cc9C)c9ccc6[nH]9)C=C8)C=C7)cc5)c5ccc2[nH]5)C=C4)C=C3)c(C)c1. The number of H-pyrrole nitrogens is 4. The van der Waals surface area contributed by atoms with Gasteiger partial charge in [-0.15, -0.1) is 0 Å². The zero-order valence-electron chi connectivity index (χ0n) is 73.4.